The van der Waals surface area contributed by atoms with Gasteiger partial charge in [0.2, 0.25) is 5.91 Å². The Morgan fingerprint density at radius 2 is 1.34 bits per heavy atom. The van der Waals surface area contributed by atoms with Crippen LogP contribution in [0.15, 0.2) is 48.5 Å². The number of fused-ring (bicyclic) bond motifs is 3. The molecule has 0 bridgehead atoms. The van der Waals surface area contributed by atoms with Gasteiger partial charge < -0.3 is 40.4 Å². The lowest BCUT2D eigenvalue weighted by Gasteiger charge is -2.27. The number of hydrogen-bond acceptors (Lipinski definition) is 7. The first-order chi connectivity index (χ1) is 22.6. The summed E-state index contributed by atoms with van der Waals surface area (Å²) < 4.78 is 11.1. The van der Waals surface area contributed by atoms with Crippen molar-refractivity contribution < 1.29 is 39.4 Å². The molecular weight excluding hydrogens is 598 g/mol. The molecule has 3 aliphatic carbocycles. The average molecular weight is 652 g/mol. The summed E-state index contributed by atoms with van der Waals surface area (Å²) in [5.74, 6) is -2.65. The minimum Gasteiger partial charge on any atom is -0.548 e. The fraction of sp³-hybridized carbons (Fsp3) is 0.595. The van der Waals surface area contributed by atoms with Crippen LogP contribution in [0.5, 0.6) is 0 Å². The van der Waals surface area contributed by atoms with E-state index in [1.807, 2.05) is 48.5 Å². The van der Waals surface area contributed by atoms with Crippen molar-refractivity contribution in [2.75, 3.05) is 19.8 Å². The zero-order chi connectivity index (χ0) is 33.8. The summed E-state index contributed by atoms with van der Waals surface area (Å²) >= 11 is 0. The van der Waals surface area contributed by atoms with Crippen LogP contribution in [0.25, 0.3) is 11.1 Å². The van der Waals surface area contributed by atoms with Gasteiger partial charge in [0.1, 0.15) is 12.6 Å². The third-order valence-corrected chi connectivity index (χ3v) is 9.26. The van der Waals surface area contributed by atoms with Crippen LogP contribution in [0, 0.1) is 0 Å². The Morgan fingerprint density at radius 1 is 0.830 bits per heavy atom. The first kappa shape index (κ1) is 36.4. The van der Waals surface area contributed by atoms with Crippen molar-refractivity contribution >= 4 is 18.0 Å². The van der Waals surface area contributed by atoms with Gasteiger partial charge in [-0.15, -0.1) is 0 Å². The highest BCUT2D eigenvalue weighted by molar-refractivity contribution is 5.89. The Morgan fingerprint density at radius 3 is 1.81 bits per heavy atom. The number of alkyl carbamates (subject to hydrolysis) is 1. The molecule has 2 saturated carbocycles. The number of nitrogens with two attached hydrogens (primary N) is 1. The standard InChI is InChI=1S/C25H30N2O7.C12H23N/c1-25(2,3)34-14-21(22(29)26-20(12-28)23(30)31)27-24(32)33-13-19-17-10-6-4-8-15(17)16-9-5-7-11-18(16)19;1-3-7-11(8-4-1)13-12-9-5-2-6-10-12/h4-11,19-21,28H,12-14H2,1-3H3,(H,26,29)(H,27,32)(H,30,31);11-13H,1-10H2/t20-,21-;/m0./s1. The number of carboxylic acid groups (broad SMARTS) is 1. The Balaban J connectivity index is 0.000000318. The van der Waals surface area contributed by atoms with E-state index in [2.05, 4.69) is 16.0 Å². The molecule has 2 aromatic rings. The van der Waals surface area contributed by atoms with E-state index >= 15 is 0 Å². The van der Waals surface area contributed by atoms with Gasteiger partial charge in [-0.1, -0.05) is 61.4 Å². The van der Waals surface area contributed by atoms with Gasteiger partial charge in [-0.3, -0.25) is 4.79 Å². The van der Waals surface area contributed by atoms with Crippen molar-refractivity contribution in [3.8, 4) is 11.1 Å². The van der Waals surface area contributed by atoms with Crippen molar-refractivity contribution in [2.45, 2.75) is 121 Å². The van der Waals surface area contributed by atoms with E-state index in [0.717, 1.165) is 34.3 Å². The maximum atomic E-state index is 12.6. The van der Waals surface area contributed by atoms with E-state index < -0.39 is 42.3 Å². The smallest absolute Gasteiger partial charge is 0.407 e. The molecule has 2 fully saturated rings. The van der Waals surface area contributed by atoms with E-state index in [-0.39, 0.29) is 19.1 Å². The first-order valence-electron chi connectivity index (χ1n) is 17.3. The van der Waals surface area contributed by atoms with Gasteiger partial charge in [-0.05, 0) is 94.4 Å². The summed E-state index contributed by atoms with van der Waals surface area (Å²) in [7, 11) is 0. The molecule has 10 heteroatoms. The highest BCUT2D eigenvalue weighted by Gasteiger charge is 2.31. The van der Waals surface area contributed by atoms with Crippen LogP contribution in [0.3, 0.4) is 0 Å². The molecule has 0 radical (unpaired) electrons. The first-order valence-corrected chi connectivity index (χ1v) is 17.3. The number of benzene rings is 2. The second kappa shape index (κ2) is 17.6. The van der Waals surface area contributed by atoms with Crippen LogP contribution < -0.4 is 21.1 Å². The van der Waals surface area contributed by atoms with E-state index in [1.165, 1.54) is 64.2 Å². The number of nitrogens with one attached hydrogen (secondary N) is 2. The summed E-state index contributed by atoms with van der Waals surface area (Å²) in [6.07, 6.45) is 14.1. The fourth-order valence-electron chi connectivity index (χ4n) is 6.79. The molecule has 2 amide bonds. The number of carbonyl (C=O) groups is 3. The molecule has 47 heavy (non-hydrogen) atoms. The molecule has 0 spiro atoms. The average Bonchev–Trinajstić information content (AvgIpc) is 3.38. The Kier molecular flexibility index (Phi) is 13.6. The van der Waals surface area contributed by atoms with E-state index in [9.17, 15) is 19.5 Å². The van der Waals surface area contributed by atoms with Crippen molar-refractivity contribution in [2.24, 2.45) is 0 Å². The molecule has 0 aliphatic heterocycles. The van der Waals surface area contributed by atoms with E-state index in [4.69, 9.17) is 14.6 Å². The number of aliphatic carboxylic acids is 1. The van der Waals surface area contributed by atoms with Crippen LogP contribution in [0.1, 0.15) is 102 Å². The topological polar surface area (TPSA) is 154 Å². The maximum absolute atomic E-state index is 12.6. The molecule has 2 atom stereocenters. The lowest BCUT2D eigenvalue weighted by Crippen LogP contribution is -2.95. The second-order valence-corrected chi connectivity index (χ2v) is 14.0. The number of aliphatic hydroxyl groups is 1. The van der Waals surface area contributed by atoms with Gasteiger partial charge in [0, 0.05) is 5.92 Å². The highest BCUT2D eigenvalue weighted by atomic mass is 16.5. The molecule has 5 rings (SSSR count). The monoisotopic (exact) mass is 651 g/mol. The summed E-state index contributed by atoms with van der Waals surface area (Å²) in [5.41, 5.74) is 3.63. The lowest BCUT2D eigenvalue weighted by atomic mass is 9.91. The maximum Gasteiger partial charge on any atom is 0.407 e. The normalized spacial score (nSPS) is 18.1. The zero-order valence-corrected chi connectivity index (χ0v) is 28.2. The van der Waals surface area contributed by atoms with Crippen LogP contribution in [-0.4, -0.2) is 72.7 Å². The number of hydrogen-bond donors (Lipinski definition) is 4. The molecule has 0 aromatic heterocycles. The summed E-state index contributed by atoms with van der Waals surface area (Å²) in [6.45, 7) is 4.27. The predicted octanol–water partition coefficient (Wildman–Crippen LogP) is 3.15. The highest BCUT2D eigenvalue weighted by Crippen LogP contribution is 2.44. The van der Waals surface area contributed by atoms with Gasteiger partial charge >= 0.3 is 6.09 Å². The fourth-order valence-corrected chi connectivity index (χ4v) is 6.79. The molecule has 10 nitrogen and oxygen atoms in total. The van der Waals surface area contributed by atoms with Crippen LogP contribution in [-0.2, 0) is 19.1 Å². The minimum absolute atomic E-state index is 0.0483. The summed E-state index contributed by atoms with van der Waals surface area (Å²) in [4.78, 5) is 36.2. The minimum atomic E-state index is -1.65. The van der Waals surface area contributed by atoms with Crippen molar-refractivity contribution in [3.05, 3.63) is 59.7 Å². The van der Waals surface area contributed by atoms with Crippen molar-refractivity contribution in [1.82, 2.24) is 10.6 Å². The van der Waals surface area contributed by atoms with Crippen molar-refractivity contribution in [1.29, 1.82) is 0 Å². The van der Waals surface area contributed by atoms with Gasteiger partial charge in [0.15, 0.2) is 0 Å². The molecule has 5 N–H and O–H groups in total. The van der Waals surface area contributed by atoms with Gasteiger partial charge in [-0.2, -0.15) is 0 Å². The third kappa shape index (κ3) is 11.0. The van der Waals surface area contributed by atoms with Crippen LogP contribution in [0.4, 0.5) is 4.79 Å². The largest absolute Gasteiger partial charge is 0.548 e. The molecule has 0 saturated heterocycles. The third-order valence-electron chi connectivity index (χ3n) is 9.26. The summed E-state index contributed by atoms with van der Waals surface area (Å²) in [6, 6.07) is 14.9. The van der Waals surface area contributed by atoms with Gasteiger partial charge in [-0.25, -0.2) is 4.79 Å². The van der Waals surface area contributed by atoms with E-state index in [1.54, 1.807) is 20.8 Å². The Bertz CT molecular complexity index is 1250. The second-order valence-electron chi connectivity index (χ2n) is 14.0. The Hall–Kier alpha value is -3.47. The number of aliphatic hydroxyl groups excluding tert-OH is 1. The molecule has 2 aromatic carbocycles. The molecular formula is C37H53N3O7. The predicted molar refractivity (Wildman–Crippen MR) is 177 cm³/mol. The van der Waals surface area contributed by atoms with Crippen LogP contribution in [0.2, 0.25) is 0 Å². The lowest BCUT2D eigenvalue weighted by molar-refractivity contribution is -0.725. The number of carboxylic acids is 1. The van der Waals surface area contributed by atoms with Crippen LogP contribution >= 0.6 is 0 Å². The number of carbonyl (C=O) groups excluding carboxylic acids is 3. The Labute approximate surface area is 279 Å². The summed E-state index contributed by atoms with van der Waals surface area (Å²) in [5, 5.41) is 27.5. The number of ether oxygens (including phenoxy) is 2. The van der Waals surface area contributed by atoms with Gasteiger partial charge in [0.25, 0.3) is 0 Å². The molecule has 0 heterocycles. The SMILES string of the molecule is C1CCC([NH2+]C2CCCCC2)CC1.CC(C)(C)OC[C@H](NC(=O)OCC1c2ccccc2-c2ccccc21)C(=O)N[C@@H](CO)C(=O)[O-]. The van der Waals surface area contributed by atoms with Gasteiger partial charge in [0.05, 0.1) is 42.9 Å². The molecule has 258 valence electrons. The van der Waals surface area contributed by atoms with E-state index in [0.29, 0.717) is 0 Å². The molecule has 3 aliphatic rings. The number of amides is 2. The number of rotatable bonds is 11. The number of quaternary nitrogens is 1. The van der Waals surface area contributed by atoms with Crippen molar-refractivity contribution in [3.63, 3.8) is 0 Å². The zero-order valence-electron chi connectivity index (χ0n) is 28.2. The molecule has 0 unspecified atom stereocenters. The quantitative estimate of drug-likeness (QED) is 0.291.